The number of hydrogen-bond acceptors (Lipinski definition) is 6. The highest BCUT2D eigenvalue weighted by Crippen LogP contribution is 2.56. The minimum atomic E-state index is -3.40. The molecule has 2 heterocycles. The number of carbonyl (C=O) groups is 1. The molecule has 1 aliphatic heterocycles. The molecule has 0 spiro atoms. The van der Waals surface area contributed by atoms with E-state index in [9.17, 15) is 13.2 Å². The first kappa shape index (κ1) is 26.8. The molecule has 1 fully saturated rings. The van der Waals surface area contributed by atoms with Crippen molar-refractivity contribution in [2.45, 2.75) is 51.6 Å². The van der Waals surface area contributed by atoms with Crippen LogP contribution in [0.1, 0.15) is 67.4 Å². The fourth-order valence-corrected chi connectivity index (χ4v) is 7.67. The first-order chi connectivity index (χ1) is 20.0. The summed E-state index contributed by atoms with van der Waals surface area (Å²) in [5, 5.41) is 2.04. The smallest absolute Gasteiger partial charge is 0.229 e. The number of nitrogens with zero attached hydrogens (tertiary/aromatic N) is 2. The molecule has 0 bridgehead atoms. The lowest BCUT2D eigenvalue weighted by molar-refractivity contribution is -0.0115. The molecule has 214 valence electrons. The van der Waals surface area contributed by atoms with Crippen LogP contribution >= 0.6 is 0 Å². The third kappa shape index (κ3) is 4.49. The Hall–Kier alpha value is -4.04. The highest BCUT2D eigenvalue weighted by atomic mass is 32.2. The molecule has 1 N–H and O–H groups in total. The summed E-state index contributed by atoms with van der Waals surface area (Å²) in [6.07, 6.45) is 4.53. The lowest BCUT2D eigenvalue weighted by Gasteiger charge is -2.49. The normalized spacial score (nSPS) is 21.5. The molecule has 2 aliphatic rings. The largest absolute Gasteiger partial charge is 0.487 e. The highest BCUT2D eigenvalue weighted by Gasteiger charge is 2.47. The summed E-state index contributed by atoms with van der Waals surface area (Å²) in [6.45, 7) is 6.79. The zero-order valence-corrected chi connectivity index (χ0v) is 25.0. The van der Waals surface area contributed by atoms with Crippen LogP contribution in [0.2, 0.25) is 0 Å². The van der Waals surface area contributed by atoms with Gasteiger partial charge in [-0.3, -0.25) is 9.52 Å². The number of carbonyl (C=O) groups excluding carboxylic acids is 1. The van der Waals surface area contributed by atoms with E-state index >= 15 is 0 Å². The van der Waals surface area contributed by atoms with Crippen molar-refractivity contribution >= 4 is 54.3 Å². The average Bonchev–Trinajstić information content (AvgIpc) is 2.95. The lowest BCUT2D eigenvalue weighted by Crippen LogP contribution is -2.46. The predicted octanol–water partition coefficient (Wildman–Crippen LogP) is 7.23. The molecular formula is C34H33N3O4S. The van der Waals surface area contributed by atoms with Crippen LogP contribution in [0.15, 0.2) is 66.7 Å². The monoisotopic (exact) mass is 579 g/mol. The minimum Gasteiger partial charge on any atom is -0.487 e. The molecule has 8 heteroatoms. The summed E-state index contributed by atoms with van der Waals surface area (Å²) in [6, 6.07) is 20.1. The number of nitrogens with one attached hydrogen (secondary N) is 1. The molecule has 5 aromatic rings. The van der Waals surface area contributed by atoms with E-state index in [1.54, 1.807) is 36.4 Å². The topological polar surface area (TPSA) is 98.2 Å². The van der Waals surface area contributed by atoms with Crippen molar-refractivity contribution in [3.8, 4) is 5.75 Å². The van der Waals surface area contributed by atoms with Crippen molar-refractivity contribution in [1.29, 1.82) is 0 Å². The van der Waals surface area contributed by atoms with Crippen LogP contribution in [0.3, 0.4) is 0 Å². The number of fused-ring (bicyclic) bond motifs is 9. The maximum Gasteiger partial charge on any atom is 0.229 e. The molecular weight excluding hydrogens is 546 g/mol. The second kappa shape index (κ2) is 9.49. The maximum absolute atomic E-state index is 13.4. The van der Waals surface area contributed by atoms with Gasteiger partial charge in [0.1, 0.15) is 11.4 Å². The van der Waals surface area contributed by atoms with Crippen molar-refractivity contribution in [2.24, 2.45) is 11.8 Å². The van der Waals surface area contributed by atoms with Gasteiger partial charge in [-0.25, -0.2) is 18.4 Å². The maximum atomic E-state index is 13.4. The standard InChI is InChI=1S/C34H33N3O4S/c1-19-9-15-26-25(17-19)29-31-30(23-7-5-6-8-24(23)33(29)41-34(26,2)3)36-28-18-21(12-16-27(28)35-31)32(38)20-10-13-22(14-11-20)37-42(4,39)40/h5-8,10-14,16,18-19,25-26,37H,9,15,17H2,1-4H3/t19-,25-,26-/m1/s1. The van der Waals surface area contributed by atoms with Crippen LogP contribution in [0.25, 0.3) is 32.8 Å². The Morgan fingerprint density at radius 2 is 1.60 bits per heavy atom. The molecule has 0 radical (unpaired) electrons. The third-order valence-electron chi connectivity index (χ3n) is 9.04. The lowest BCUT2D eigenvalue weighted by atomic mass is 9.64. The summed E-state index contributed by atoms with van der Waals surface area (Å²) >= 11 is 0. The quantitative estimate of drug-likeness (QED) is 0.137. The molecule has 0 unspecified atom stereocenters. The van der Waals surface area contributed by atoms with Crippen molar-refractivity contribution in [3.05, 3.63) is 83.4 Å². The fourth-order valence-electron chi connectivity index (χ4n) is 7.11. The van der Waals surface area contributed by atoms with Gasteiger partial charge in [-0.2, -0.15) is 0 Å². The highest BCUT2D eigenvalue weighted by molar-refractivity contribution is 7.92. The molecule has 1 aromatic heterocycles. The van der Waals surface area contributed by atoms with Crippen LogP contribution in [-0.4, -0.2) is 36.0 Å². The van der Waals surface area contributed by atoms with Gasteiger partial charge in [0, 0.05) is 39.1 Å². The van der Waals surface area contributed by atoms with Crippen molar-refractivity contribution in [3.63, 3.8) is 0 Å². The number of ether oxygens (including phenoxy) is 1. The Bertz CT molecular complexity index is 2020. The van der Waals surface area contributed by atoms with Crippen LogP contribution in [0, 0.1) is 11.8 Å². The Kier molecular flexibility index (Phi) is 6.06. The molecule has 0 saturated heterocycles. The van der Waals surface area contributed by atoms with Crippen LogP contribution < -0.4 is 9.46 Å². The van der Waals surface area contributed by atoms with Crippen LogP contribution in [0.5, 0.6) is 5.75 Å². The van der Waals surface area contributed by atoms with Gasteiger partial charge >= 0.3 is 0 Å². The fraction of sp³-hybridized carbons (Fsp3) is 0.324. The van der Waals surface area contributed by atoms with Gasteiger partial charge in [-0.05, 0) is 81.0 Å². The van der Waals surface area contributed by atoms with Crippen molar-refractivity contribution in [2.75, 3.05) is 11.0 Å². The number of hydrogen-bond donors (Lipinski definition) is 1. The van der Waals surface area contributed by atoms with Crippen molar-refractivity contribution < 1.29 is 17.9 Å². The second-order valence-electron chi connectivity index (χ2n) is 12.5. The summed E-state index contributed by atoms with van der Waals surface area (Å²) < 4.78 is 32.3. The number of ketones is 1. The van der Waals surface area contributed by atoms with Gasteiger partial charge in [-0.15, -0.1) is 0 Å². The summed E-state index contributed by atoms with van der Waals surface area (Å²) in [4.78, 5) is 23.8. The van der Waals surface area contributed by atoms with E-state index < -0.39 is 10.0 Å². The predicted molar refractivity (Wildman–Crippen MR) is 167 cm³/mol. The summed E-state index contributed by atoms with van der Waals surface area (Å²) in [5.74, 6) is 2.14. The Balaban J connectivity index is 1.38. The second-order valence-corrected chi connectivity index (χ2v) is 14.3. The number of rotatable bonds is 4. The first-order valence-electron chi connectivity index (χ1n) is 14.5. The van der Waals surface area contributed by atoms with Gasteiger partial charge in [-0.1, -0.05) is 37.6 Å². The van der Waals surface area contributed by atoms with E-state index in [1.165, 1.54) is 12.0 Å². The van der Waals surface area contributed by atoms with E-state index in [-0.39, 0.29) is 11.4 Å². The van der Waals surface area contributed by atoms with Gasteiger partial charge in [0.25, 0.3) is 0 Å². The van der Waals surface area contributed by atoms with E-state index in [2.05, 4.69) is 37.6 Å². The number of benzene rings is 4. The summed E-state index contributed by atoms with van der Waals surface area (Å²) in [5.41, 5.74) is 5.37. The number of aromatic nitrogens is 2. The molecule has 42 heavy (non-hydrogen) atoms. The van der Waals surface area contributed by atoms with Gasteiger partial charge in [0.2, 0.25) is 10.0 Å². The Morgan fingerprint density at radius 3 is 2.33 bits per heavy atom. The molecule has 0 amide bonds. The number of anilines is 1. The van der Waals surface area contributed by atoms with E-state index in [1.807, 2.05) is 18.2 Å². The van der Waals surface area contributed by atoms with Crippen molar-refractivity contribution in [1.82, 2.24) is 9.97 Å². The van der Waals surface area contributed by atoms with Gasteiger partial charge in [0.05, 0.1) is 28.3 Å². The number of sulfonamides is 1. The molecule has 7 nitrogen and oxygen atoms in total. The van der Waals surface area contributed by atoms with Gasteiger partial charge in [0.15, 0.2) is 5.78 Å². The van der Waals surface area contributed by atoms with E-state index in [0.29, 0.717) is 40.1 Å². The van der Waals surface area contributed by atoms with Crippen LogP contribution in [0.4, 0.5) is 5.69 Å². The van der Waals surface area contributed by atoms with Crippen LogP contribution in [-0.2, 0) is 10.0 Å². The minimum absolute atomic E-state index is 0.172. The molecule has 4 aromatic carbocycles. The van der Waals surface area contributed by atoms with E-state index in [0.717, 1.165) is 52.2 Å². The molecule has 3 atom stereocenters. The zero-order valence-electron chi connectivity index (χ0n) is 24.1. The molecule has 7 rings (SSSR count). The third-order valence-corrected chi connectivity index (χ3v) is 9.65. The molecule has 1 saturated carbocycles. The average molecular weight is 580 g/mol. The Morgan fingerprint density at radius 1 is 0.905 bits per heavy atom. The first-order valence-corrected chi connectivity index (χ1v) is 16.4. The SMILES string of the molecule is C[C@@H]1CC[C@@H]2[C@@H](C1)c1c(c3ccccc3c3nc4cc(C(=O)c5ccc(NS(C)(=O)=O)cc5)ccc4nc13)OC2(C)C. The summed E-state index contributed by atoms with van der Waals surface area (Å²) in [7, 11) is -3.40. The molecule has 1 aliphatic carbocycles. The van der Waals surface area contributed by atoms with E-state index in [4.69, 9.17) is 14.7 Å². The van der Waals surface area contributed by atoms with Gasteiger partial charge < -0.3 is 4.74 Å². The zero-order chi connectivity index (χ0) is 29.4. The Labute approximate surface area is 245 Å².